The Balaban J connectivity index is 1.99. The molecule has 2 aromatic rings. The third-order valence-corrected chi connectivity index (χ3v) is 3.05. The van der Waals surface area contributed by atoms with Crippen LogP contribution in [0.25, 0.3) is 0 Å². The zero-order chi connectivity index (χ0) is 15.2. The van der Waals surface area contributed by atoms with Crippen LogP contribution >= 0.6 is 0 Å². The Kier molecular flexibility index (Phi) is 4.77. The first kappa shape index (κ1) is 14.8. The summed E-state index contributed by atoms with van der Waals surface area (Å²) in [6.45, 7) is 3.77. The highest BCUT2D eigenvalue weighted by Gasteiger charge is 2.17. The highest BCUT2D eigenvalue weighted by Crippen LogP contribution is 2.23. The number of amides is 1. The van der Waals surface area contributed by atoms with E-state index in [0.29, 0.717) is 23.6 Å². The lowest BCUT2D eigenvalue weighted by Crippen LogP contribution is -2.36. The van der Waals surface area contributed by atoms with Gasteiger partial charge in [0.1, 0.15) is 11.5 Å². The van der Waals surface area contributed by atoms with Crippen molar-refractivity contribution in [2.75, 3.05) is 0 Å². The fourth-order valence-electron chi connectivity index (χ4n) is 1.89. The summed E-state index contributed by atoms with van der Waals surface area (Å²) in [5, 5.41) is 2.72. The molecule has 0 saturated carbocycles. The average Bonchev–Trinajstić information content (AvgIpc) is 3.00. The summed E-state index contributed by atoms with van der Waals surface area (Å²) in [4.78, 5) is 23.0. The molecule has 1 amide bonds. The monoisotopic (exact) mass is 287 g/mol. The molecule has 0 aliphatic heterocycles. The number of carbonyl (C=O) groups is 2. The highest BCUT2D eigenvalue weighted by molar-refractivity contribution is 5.83. The number of benzene rings is 1. The molecule has 0 spiro atoms. The number of furan rings is 1. The minimum Gasteiger partial charge on any atom is -0.480 e. The summed E-state index contributed by atoms with van der Waals surface area (Å²) in [7, 11) is 0. The summed E-state index contributed by atoms with van der Waals surface area (Å²) in [6, 6.07) is 8.79. The van der Waals surface area contributed by atoms with E-state index in [2.05, 4.69) is 5.32 Å². The maximum atomic E-state index is 12.0. The van der Waals surface area contributed by atoms with Crippen LogP contribution in [0.2, 0.25) is 0 Å². The Morgan fingerprint density at radius 1 is 1.38 bits per heavy atom. The molecule has 1 N–H and O–H groups in total. The summed E-state index contributed by atoms with van der Waals surface area (Å²) < 4.78 is 10.8. The average molecular weight is 287 g/mol. The second-order valence-electron chi connectivity index (χ2n) is 4.67. The van der Waals surface area contributed by atoms with Gasteiger partial charge in [-0.05, 0) is 37.6 Å². The van der Waals surface area contributed by atoms with Crippen LogP contribution in [0.5, 0.6) is 5.75 Å². The van der Waals surface area contributed by atoms with Gasteiger partial charge in [0.25, 0.3) is 5.91 Å². The van der Waals surface area contributed by atoms with E-state index in [0.717, 1.165) is 11.8 Å². The van der Waals surface area contributed by atoms with E-state index in [4.69, 9.17) is 9.15 Å². The molecule has 0 saturated heterocycles. The molecule has 5 nitrogen and oxygen atoms in total. The number of hydrogen-bond donors (Lipinski definition) is 1. The predicted octanol–water partition coefficient (Wildman–Crippen LogP) is 2.48. The molecule has 2 rings (SSSR count). The smallest absolute Gasteiger partial charge is 0.261 e. The van der Waals surface area contributed by atoms with Crippen molar-refractivity contribution in [3.05, 3.63) is 53.5 Å². The third kappa shape index (κ3) is 3.72. The van der Waals surface area contributed by atoms with Gasteiger partial charge in [-0.15, -0.1) is 0 Å². The van der Waals surface area contributed by atoms with E-state index < -0.39 is 6.10 Å². The Morgan fingerprint density at radius 2 is 2.19 bits per heavy atom. The van der Waals surface area contributed by atoms with Crippen molar-refractivity contribution < 1.29 is 18.7 Å². The number of ether oxygens (including phenoxy) is 1. The number of nitrogens with one attached hydrogen (secondary N) is 1. The zero-order valence-electron chi connectivity index (χ0n) is 12.0. The van der Waals surface area contributed by atoms with Crippen LogP contribution in [0.15, 0.2) is 41.0 Å². The van der Waals surface area contributed by atoms with Crippen LogP contribution in [0.1, 0.15) is 28.6 Å². The van der Waals surface area contributed by atoms with Gasteiger partial charge < -0.3 is 14.5 Å². The standard InChI is InChI=1S/C16H17NO4/c1-11-5-3-6-13(10-18)15(11)21-12(2)16(19)17-9-14-7-4-8-20-14/h3-8,10,12H,9H2,1-2H3,(H,17,19). The predicted molar refractivity (Wildman–Crippen MR) is 77.2 cm³/mol. The van der Waals surface area contributed by atoms with Crippen LogP contribution in [-0.2, 0) is 11.3 Å². The minimum absolute atomic E-state index is 0.272. The SMILES string of the molecule is Cc1cccc(C=O)c1OC(C)C(=O)NCc1ccco1. The molecular formula is C16H17NO4. The molecule has 0 bridgehead atoms. The number of aldehydes is 1. The van der Waals surface area contributed by atoms with Gasteiger partial charge in [0.15, 0.2) is 12.4 Å². The van der Waals surface area contributed by atoms with Crippen molar-refractivity contribution in [2.45, 2.75) is 26.5 Å². The molecule has 1 aromatic carbocycles. The van der Waals surface area contributed by atoms with E-state index in [1.807, 2.05) is 13.0 Å². The quantitative estimate of drug-likeness (QED) is 0.829. The molecule has 0 fully saturated rings. The first-order valence-electron chi connectivity index (χ1n) is 6.63. The first-order valence-corrected chi connectivity index (χ1v) is 6.63. The molecule has 0 radical (unpaired) electrons. The van der Waals surface area contributed by atoms with Crippen LogP contribution < -0.4 is 10.1 Å². The van der Waals surface area contributed by atoms with Gasteiger partial charge in [0.2, 0.25) is 0 Å². The van der Waals surface area contributed by atoms with Crippen molar-refractivity contribution in [3.63, 3.8) is 0 Å². The van der Waals surface area contributed by atoms with Crippen molar-refractivity contribution >= 4 is 12.2 Å². The highest BCUT2D eigenvalue weighted by atomic mass is 16.5. The fourth-order valence-corrected chi connectivity index (χ4v) is 1.89. The van der Waals surface area contributed by atoms with Gasteiger partial charge in [-0.2, -0.15) is 0 Å². The summed E-state index contributed by atoms with van der Waals surface area (Å²) >= 11 is 0. The lowest BCUT2D eigenvalue weighted by molar-refractivity contribution is -0.127. The zero-order valence-corrected chi connectivity index (χ0v) is 12.0. The van der Waals surface area contributed by atoms with E-state index >= 15 is 0 Å². The Bertz CT molecular complexity index is 619. The maximum absolute atomic E-state index is 12.0. The van der Waals surface area contributed by atoms with Crippen molar-refractivity contribution in [2.24, 2.45) is 0 Å². The molecule has 21 heavy (non-hydrogen) atoms. The van der Waals surface area contributed by atoms with Crippen molar-refractivity contribution in [1.82, 2.24) is 5.32 Å². The second-order valence-corrected chi connectivity index (χ2v) is 4.67. The number of aryl methyl sites for hydroxylation is 1. The summed E-state index contributed by atoms with van der Waals surface area (Å²) in [6.07, 6.45) is 1.56. The number of carbonyl (C=O) groups excluding carboxylic acids is 2. The Morgan fingerprint density at radius 3 is 2.86 bits per heavy atom. The van der Waals surface area contributed by atoms with Crippen molar-refractivity contribution in [3.8, 4) is 5.75 Å². The summed E-state index contributed by atoms with van der Waals surface area (Å²) in [5.41, 5.74) is 1.24. The van der Waals surface area contributed by atoms with Gasteiger partial charge in [-0.3, -0.25) is 9.59 Å². The molecule has 5 heteroatoms. The largest absolute Gasteiger partial charge is 0.480 e. The minimum atomic E-state index is -0.709. The number of para-hydroxylation sites is 1. The molecule has 110 valence electrons. The van der Waals surface area contributed by atoms with Gasteiger partial charge in [-0.25, -0.2) is 0 Å². The van der Waals surface area contributed by atoms with Gasteiger partial charge in [0.05, 0.1) is 18.4 Å². The molecule has 1 aromatic heterocycles. The number of hydrogen-bond acceptors (Lipinski definition) is 4. The van der Waals surface area contributed by atoms with Crippen LogP contribution in [0, 0.1) is 6.92 Å². The molecule has 1 unspecified atom stereocenters. The van der Waals surface area contributed by atoms with Crippen LogP contribution in [0.3, 0.4) is 0 Å². The lowest BCUT2D eigenvalue weighted by Gasteiger charge is -2.17. The molecule has 1 atom stereocenters. The van der Waals surface area contributed by atoms with Gasteiger partial charge in [0, 0.05) is 0 Å². The molecule has 1 heterocycles. The summed E-state index contributed by atoms with van der Waals surface area (Å²) in [5.74, 6) is 0.833. The fraction of sp³-hybridized carbons (Fsp3) is 0.250. The Hall–Kier alpha value is -2.56. The first-order chi connectivity index (χ1) is 10.1. The van der Waals surface area contributed by atoms with E-state index in [1.54, 1.807) is 37.5 Å². The van der Waals surface area contributed by atoms with Crippen LogP contribution in [-0.4, -0.2) is 18.3 Å². The van der Waals surface area contributed by atoms with Crippen molar-refractivity contribution in [1.29, 1.82) is 0 Å². The second kappa shape index (κ2) is 6.74. The lowest BCUT2D eigenvalue weighted by atomic mass is 10.1. The maximum Gasteiger partial charge on any atom is 0.261 e. The topological polar surface area (TPSA) is 68.5 Å². The van der Waals surface area contributed by atoms with E-state index in [9.17, 15) is 9.59 Å². The molecular weight excluding hydrogens is 270 g/mol. The van der Waals surface area contributed by atoms with Gasteiger partial charge >= 0.3 is 0 Å². The Labute approximate surface area is 122 Å². The molecule has 0 aliphatic carbocycles. The normalized spacial score (nSPS) is 11.7. The van der Waals surface area contributed by atoms with E-state index in [1.165, 1.54) is 0 Å². The number of rotatable bonds is 6. The van der Waals surface area contributed by atoms with Crippen LogP contribution in [0.4, 0.5) is 0 Å². The van der Waals surface area contributed by atoms with Gasteiger partial charge in [-0.1, -0.05) is 12.1 Å². The third-order valence-electron chi connectivity index (χ3n) is 3.05. The van der Waals surface area contributed by atoms with E-state index in [-0.39, 0.29) is 5.91 Å². The molecule has 0 aliphatic rings.